The topological polar surface area (TPSA) is 80.2 Å². The quantitative estimate of drug-likeness (QED) is 0.315. The van der Waals surface area contributed by atoms with Gasteiger partial charge in [0.1, 0.15) is 6.61 Å². The maximum Gasteiger partial charge on any atom is 0.245 e. The number of aryl methyl sites for hydroxylation is 1. The van der Waals surface area contributed by atoms with Gasteiger partial charge in [-0.05, 0) is 60.5 Å². The molecule has 1 fully saturated rings. The van der Waals surface area contributed by atoms with E-state index in [1.807, 2.05) is 37.3 Å². The van der Waals surface area contributed by atoms with Crippen LogP contribution >= 0.6 is 23.2 Å². The number of hydrazone groups is 1. The van der Waals surface area contributed by atoms with Crippen LogP contribution in [-0.2, 0) is 16.2 Å². The van der Waals surface area contributed by atoms with E-state index < -0.39 is 5.92 Å². The third-order valence-electron chi connectivity index (χ3n) is 5.80. The highest BCUT2D eigenvalue weighted by Crippen LogP contribution is 2.30. The smallest absolute Gasteiger partial charge is 0.245 e. The molecule has 0 aliphatic carbocycles. The molecule has 0 saturated carbocycles. The molecule has 0 aromatic heterocycles. The van der Waals surface area contributed by atoms with Gasteiger partial charge in [-0.3, -0.25) is 9.59 Å². The first-order valence-corrected chi connectivity index (χ1v) is 12.0. The molecule has 1 atom stereocenters. The standard InChI is InChI=1S/C27H25Cl2N3O4/c1-17-3-7-21(8-4-17)32-15-20(13-26(32)33)27(34)31-30-14-18-6-10-24(25(12-18)35-2)36-16-19-5-9-22(28)23(29)11-19/h3-12,14,20H,13,15-16H2,1-2H3,(H,31,34)/b30-14+/t20-/m0/s1. The molecule has 1 N–H and O–H groups in total. The molecular weight excluding hydrogens is 501 g/mol. The van der Waals surface area contributed by atoms with Crippen LogP contribution in [-0.4, -0.2) is 31.7 Å². The van der Waals surface area contributed by atoms with Gasteiger partial charge in [0.25, 0.3) is 0 Å². The second kappa shape index (κ2) is 11.5. The number of methoxy groups -OCH3 is 1. The zero-order valence-corrected chi connectivity index (χ0v) is 21.3. The van der Waals surface area contributed by atoms with Crippen molar-refractivity contribution in [3.63, 3.8) is 0 Å². The SMILES string of the molecule is COc1cc(/C=N/NC(=O)[C@H]2CC(=O)N(c3ccc(C)cc3)C2)ccc1OCc1ccc(Cl)c(Cl)c1. The number of anilines is 1. The van der Waals surface area contributed by atoms with E-state index in [-0.39, 0.29) is 24.8 Å². The summed E-state index contributed by atoms with van der Waals surface area (Å²) in [7, 11) is 1.54. The predicted molar refractivity (Wildman–Crippen MR) is 141 cm³/mol. The summed E-state index contributed by atoms with van der Waals surface area (Å²) in [6.07, 6.45) is 1.66. The Morgan fingerprint density at radius 3 is 2.58 bits per heavy atom. The lowest BCUT2D eigenvalue weighted by Crippen LogP contribution is -2.30. The first-order chi connectivity index (χ1) is 17.3. The van der Waals surface area contributed by atoms with E-state index >= 15 is 0 Å². The molecule has 7 nitrogen and oxygen atoms in total. The molecule has 1 heterocycles. The molecule has 0 bridgehead atoms. The van der Waals surface area contributed by atoms with Crippen LogP contribution in [0.4, 0.5) is 5.69 Å². The molecule has 1 aliphatic heterocycles. The summed E-state index contributed by atoms with van der Waals surface area (Å²) in [5, 5.41) is 5.00. The average Bonchev–Trinajstić information content (AvgIpc) is 3.27. The van der Waals surface area contributed by atoms with E-state index in [4.69, 9.17) is 32.7 Å². The Labute approximate surface area is 219 Å². The second-order valence-electron chi connectivity index (χ2n) is 8.42. The monoisotopic (exact) mass is 525 g/mol. The van der Waals surface area contributed by atoms with Gasteiger partial charge < -0.3 is 14.4 Å². The highest BCUT2D eigenvalue weighted by Gasteiger charge is 2.35. The van der Waals surface area contributed by atoms with Gasteiger partial charge in [0.05, 0.1) is 29.3 Å². The van der Waals surface area contributed by atoms with E-state index in [1.54, 1.807) is 42.3 Å². The molecule has 36 heavy (non-hydrogen) atoms. The Balaban J connectivity index is 1.33. The van der Waals surface area contributed by atoms with Gasteiger partial charge in [0.2, 0.25) is 11.8 Å². The van der Waals surface area contributed by atoms with E-state index in [0.717, 1.165) is 16.8 Å². The van der Waals surface area contributed by atoms with Crippen LogP contribution in [0, 0.1) is 12.8 Å². The van der Waals surface area contributed by atoms with Crippen molar-refractivity contribution in [2.75, 3.05) is 18.6 Å². The van der Waals surface area contributed by atoms with E-state index in [0.29, 0.717) is 33.7 Å². The van der Waals surface area contributed by atoms with Crippen LogP contribution in [0.15, 0.2) is 65.8 Å². The van der Waals surface area contributed by atoms with Crippen LogP contribution in [0.1, 0.15) is 23.1 Å². The fourth-order valence-corrected chi connectivity index (χ4v) is 4.11. The summed E-state index contributed by atoms with van der Waals surface area (Å²) >= 11 is 12.0. The number of nitrogens with one attached hydrogen (secondary N) is 1. The van der Waals surface area contributed by atoms with Crippen molar-refractivity contribution < 1.29 is 19.1 Å². The van der Waals surface area contributed by atoms with Gasteiger partial charge >= 0.3 is 0 Å². The number of rotatable bonds is 8. The lowest BCUT2D eigenvalue weighted by Gasteiger charge is -2.16. The largest absolute Gasteiger partial charge is 0.493 e. The molecule has 1 saturated heterocycles. The first-order valence-electron chi connectivity index (χ1n) is 11.3. The molecule has 0 radical (unpaired) electrons. The molecule has 0 unspecified atom stereocenters. The molecule has 9 heteroatoms. The lowest BCUT2D eigenvalue weighted by atomic mass is 10.1. The summed E-state index contributed by atoms with van der Waals surface area (Å²) < 4.78 is 11.3. The predicted octanol–water partition coefficient (Wildman–Crippen LogP) is 5.39. The van der Waals surface area contributed by atoms with Gasteiger partial charge in [0, 0.05) is 18.7 Å². The number of amides is 2. The Kier molecular flexibility index (Phi) is 8.13. The van der Waals surface area contributed by atoms with Crippen molar-refractivity contribution in [1.29, 1.82) is 0 Å². The molecule has 186 valence electrons. The van der Waals surface area contributed by atoms with Crippen LogP contribution in [0.25, 0.3) is 0 Å². The number of halogens is 2. The fourth-order valence-electron chi connectivity index (χ4n) is 3.79. The molecular formula is C27H25Cl2N3O4. The normalized spacial score (nSPS) is 15.4. The number of carbonyl (C=O) groups is 2. The third kappa shape index (κ3) is 6.17. The molecule has 4 rings (SSSR count). The second-order valence-corrected chi connectivity index (χ2v) is 9.24. The highest BCUT2D eigenvalue weighted by atomic mass is 35.5. The van der Waals surface area contributed by atoms with Crippen molar-refractivity contribution in [3.05, 3.63) is 87.4 Å². The van der Waals surface area contributed by atoms with Crippen molar-refractivity contribution in [2.24, 2.45) is 11.0 Å². The van der Waals surface area contributed by atoms with Crippen molar-refractivity contribution in [3.8, 4) is 11.5 Å². The lowest BCUT2D eigenvalue weighted by molar-refractivity contribution is -0.126. The minimum Gasteiger partial charge on any atom is -0.493 e. The number of benzene rings is 3. The number of nitrogens with zero attached hydrogens (tertiary/aromatic N) is 2. The fraction of sp³-hybridized carbons (Fsp3) is 0.222. The molecule has 2 amide bonds. The van der Waals surface area contributed by atoms with Crippen LogP contribution in [0.5, 0.6) is 11.5 Å². The Morgan fingerprint density at radius 1 is 1.08 bits per heavy atom. The molecule has 3 aromatic rings. The Hall–Kier alpha value is -3.55. The first kappa shape index (κ1) is 25.5. The number of carbonyl (C=O) groups excluding carboxylic acids is 2. The van der Waals surface area contributed by atoms with E-state index in [1.165, 1.54) is 6.21 Å². The van der Waals surface area contributed by atoms with Crippen LogP contribution < -0.4 is 19.8 Å². The minimum atomic E-state index is -0.470. The zero-order chi connectivity index (χ0) is 25.7. The summed E-state index contributed by atoms with van der Waals surface area (Å²) in [6, 6.07) is 18.3. The van der Waals surface area contributed by atoms with Gasteiger partial charge in [-0.2, -0.15) is 5.10 Å². The number of ether oxygens (including phenoxy) is 2. The molecule has 0 spiro atoms. The van der Waals surface area contributed by atoms with Gasteiger partial charge in [0.15, 0.2) is 11.5 Å². The number of hydrogen-bond donors (Lipinski definition) is 1. The maximum atomic E-state index is 12.6. The zero-order valence-electron chi connectivity index (χ0n) is 19.8. The average molecular weight is 526 g/mol. The summed E-state index contributed by atoms with van der Waals surface area (Å²) in [4.78, 5) is 26.6. The summed E-state index contributed by atoms with van der Waals surface area (Å²) in [5.41, 5.74) is 6.01. The van der Waals surface area contributed by atoms with Crippen molar-refractivity contribution >= 4 is 46.9 Å². The Morgan fingerprint density at radius 2 is 1.86 bits per heavy atom. The van der Waals surface area contributed by atoms with Crippen molar-refractivity contribution in [2.45, 2.75) is 20.0 Å². The van der Waals surface area contributed by atoms with Gasteiger partial charge in [-0.15, -0.1) is 0 Å². The van der Waals surface area contributed by atoms with Gasteiger partial charge in [-0.1, -0.05) is 47.0 Å². The Bertz CT molecular complexity index is 1290. The van der Waals surface area contributed by atoms with E-state index in [9.17, 15) is 9.59 Å². The molecule has 3 aromatic carbocycles. The minimum absolute atomic E-state index is 0.0795. The third-order valence-corrected chi connectivity index (χ3v) is 6.53. The van der Waals surface area contributed by atoms with Crippen LogP contribution in [0.2, 0.25) is 10.0 Å². The summed E-state index contributed by atoms with van der Waals surface area (Å²) in [6.45, 7) is 2.59. The van der Waals surface area contributed by atoms with Crippen LogP contribution in [0.3, 0.4) is 0 Å². The number of hydrogen-bond acceptors (Lipinski definition) is 5. The van der Waals surface area contributed by atoms with Crippen molar-refractivity contribution in [1.82, 2.24) is 5.43 Å². The highest BCUT2D eigenvalue weighted by molar-refractivity contribution is 6.42. The molecule has 1 aliphatic rings. The van der Waals surface area contributed by atoms with Gasteiger partial charge in [-0.25, -0.2) is 5.43 Å². The van der Waals surface area contributed by atoms with E-state index in [2.05, 4.69) is 10.5 Å². The summed E-state index contributed by atoms with van der Waals surface area (Å²) in [5.74, 6) is 0.209. The maximum absolute atomic E-state index is 12.6.